The van der Waals surface area contributed by atoms with Gasteiger partial charge < -0.3 is 15.2 Å². The summed E-state index contributed by atoms with van der Waals surface area (Å²) in [5, 5.41) is 14.5. The van der Waals surface area contributed by atoms with Gasteiger partial charge in [-0.1, -0.05) is 54.6 Å². The van der Waals surface area contributed by atoms with Gasteiger partial charge >= 0.3 is 6.09 Å². The number of amides is 2. The second-order valence-electron chi connectivity index (χ2n) is 6.46. The Morgan fingerprint density at radius 2 is 1.31 bits per heavy atom. The summed E-state index contributed by atoms with van der Waals surface area (Å²) in [7, 11) is 0. The predicted octanol–water partition coefficient (Wildman–Crippen LogP) is 4.11. The van der Waals surface area contributed by atoms with Crippen LogP contribution in [0.25, 0.3) is 0 Å². The number of aliphatic hydroxyl groups is 1. The summed E-state index contributed by atoms with van der Waals surface area (Å²) >= 11 is 0. The fourth-order valence-corrected chi connectivity index (χ4v) is 2.67. The highest BCUT2D eigenvalue weighted by Crippen LogP contribution is 2.13. The number of ether oxygens (including phenoxy) is 1. The van der Waals surface area contributed by atoms with Crippen molar-refractivity contribution in [2.75, 3.05) is 10.6 Å². The standard InChI is InChI=1S/C23H22N2O4/c26-15-18-6-10-21(11-7-18)25-23(28)29-16-19-8-12-20(13-9-19)24-22(27)14-17-4-2-1-3-5-17/h1-13,26H,14-16H2,(H,24,27)(H,25,28). The molecule has 6 heteroatoms. The molecule has 0 aliphatic heterocycles. The topological polar surface area (TPSA) is 87.7 Å². The molecule has 3 aromatic rings. The Hall–Kier alpha value is -3.64. The third-order valence-corrected chi connectivity index (χ3v) is 4.20. The molecule has 0 saturated heterocycles. The third-order valence-electron chi connectivity index (χ3n) is 4.20. The number of nitrogens with one attached hydrogen (secondary N) is 2. The SMILES string of the molecule is O=C(Cc1ccccc1)Nc1ccc(COC(=O)Nc2ccc(CO)cc2)cc1. The molecule has 0 spiro atoms. The summed E-state index contributed by atoms with van der Waals surface area (Å²) in [5.41, 5.74) is 3.79. The lowest BCUT2D eigenvalue weighted by Gasteiger charge is -2.09. The molecule has 0 aliphatic rings. The first-order valence-electron chi connectivity index (χ1n) is 9.18. The molecule has 0 aromatic heterocycles. The van der Waals surface area contributed by atoms with E-state index in [1.807, 2.05) is 30.3 Å². The first-order valence-corrected chi connectivity index (χ1v) is 9.18. The van der Waals surface area contributed by atoms with E-state index >= 15 is 0 Å². The van der Waals surface area contributed by atoms with Gasteiger partial charge in [0.1, 0.15) is 6.61 Å². The molecule has 148 valence electrons. The van der Waals surface area contributed by atoms with Gasteiger partial charge in [0, 0.05) is 11.4 Å². The van der Waals surface area contributed by atoms with Crippen LogP contribution in [0.15, 0.2) is 78.9 Å². The maximum atomic E-state index is 12.1. The lowest BCUT2D eigenvalue weighted by atomic mass is 10.1. The van der Waals surface area contributed by atoms with Crippen LogP contribution in [-0.2, 0) is 29.2 Å². The number of hydrogen-bond acceptors (Lipinski definition) is 4. The maximum absolute atomic E-state index is 12.1. The zero-order valence-electron chi connectivity index (χ0n) is 15.8. The summed E-state index contributed by atoms with van der Waals surface area (Å²) in [6.45, 7) is 0.0617. The average molecular weight is 390 g/mol. The number of carbonyl (C=O) groups excluding carboxylic acids is 2. The van der Waals surface area contributed by atoms with Gasteiger partial charge in [-0.15, -0.1) is 0 Å². The minimum atomic E-state index is -0.568. The van der Waals surface area contributed by atoms with Crippen molar-refractivity contribution in [3.05, 3.63) is 95.6 Å². The minimum Gasteiger partial charge on any atom is -0.444 e. The summed E-state index contributed by atoms with van der Waals surface area (Å²) in [4.78, 5) is 24.0. The molecule has 0 atom stereocenters. The number of benzene rings is 3. The highest BCUT2D eigenvalue weighted by Gasteiger charge is 2.06. The van der Waals surface area contributed by atoms with Gasteiger partial charge in [0.05, 0.1) is 13.0 Å². The highest BCUT2D eigenvalue weighted by molar-refractivity contribution is 5.92. The summed E-state index contributed by atoms with van der Waals surface area (Å²) in [5.74, 6) is -0.0909. The molecule has 3 N–H and O–H groups in total. The van der Waals surface area contributed by atoms with Crippen molar-refractivity contribution in [3.63, 3.8) is 0 Å². The molecule has 3 rings (SSSR count). The van der Waals surface area contributed by atoms with Crippen molar-refractivity contribution in [1.29, 1.82) is 0 Å². The molecule has 6 nitrogen and oxygen atoms in total. The monoisotopic (exact) mass is 390 g/mol. The molecule has 0 saturated carbocycles. The predicted molar refractivity (Wildman–Crippen MR) is 111 cm³/mol. The second-order valence-corrected chi connectivity index (χ2v) is 6.46. The lowest BCUT2D eigenvalue weighted by Crippen LogP contribution is -2.14. The van der Waals surface area contributed by atoms with E-state index in [1.165, 1.54) is 0 Å². The first kappa shape index (κ1) is 20.1. The number of carbonyl (C=O) groups is 2. The smallest absolute Gasteiger partial charge is 0.411 e. The molecule has 0 heterocycles. The average Bonchev–Trinajstić information content (AvgIpc) is 2.74. The van der Waals surface area contributed by atoms with E-state index in [0.29, 0.717) is 17.8 Å². The zero-order chi connectivity index (χ0) is 20.5. The van der Waals surface area contributed by atoms with Crippen molar-refractivity contribution in [1.82, 2.24) is 0 Å². The van der Waals surface area contributed by atoms with E-state index in [-0.39, 0.29) is 19.1 Å². The Morgan fingerprint density at radius 3 is 1.93 bits per heavy atom. The molecule has 0 fully saturated rings. The van der Waals surface area contributed by atoms with Gasteiger partial charge in [-0.25, -0.2) is 4.79 Å². The van der Waals surface area contributed by atoms with Crippen molar-refractivity contribution >= 4 is 23.4 Å². The fraction of sp³-hybridized carbons (Fsp3) is 0.130. The Morgan fingerprint density at radius 1 is 0.724 bits per heavy atom. The van der Waals surface area contributed by atoms with Gasteiger partial charge in [-0.05, 0) is 41.0 Å². The van der Waals surface area contributed by atoms with Crippen LogP contribution in [0.4, 0.5) is 16.2 Å². The van der Waals surface area contributed by atoms with Crippen LogP contribution in [0.3, 0.4) is 0 Å². The van der Waals surface area contributed by atoms with Crippen LogP contribution in [0.2, 0.25) is 0 Å². The zero-order valence-corrected chi connectivity index (χ0v) is 15.8. The number of hydrogen-bond donors (Lipinski definition) is 3. The van der Waals surface area contributed by atoms with Crippen LogP contribution in [0, 0.1) is 0 Å². The highest BCUT2D eigenvalue weighted by atomic mass is 16.5. The lowest BCUT2D eigenvalue weighted by molar-refractivity contribution is -0.115. The summed E-state index contributed by atoms with van der Waals surface area (Å²) < 4.78 is 5.20. The number of rotatable bonds is 7. The first-order chi connectivity index (χ1) is 14.1. The molecule has 0 bridgehead atoms. The summed E-state index contributed by atoms with van der Waals surface area (Å²) in [6, 6.07) is 23.5. The Labute approximate surface area is 169 Å². The van der Waals surface area contributed by atoms with E-state index < -0.39 is 6.09 Å². The van der Waals surface area contributed by atoms with Crippen LogP contribution >= 0.6 is 0 Å². The van der Waals surface area contributed by atoms with Crippen molar-refractivity contribution < 1.29 is 19.4 Å². The summed E-state index contributed by atoms with van der Waals surface area (Å²) in [6.07, 6.45) is -0.257. The molecule has 0 aliphatic carbocycles. The molecule has 2 amide bonds. The molecule has 0 radical (unpaired) electrons. The van der Waals surface area contributed by atoms with Crippen molar-refractivity contribution in [2.24, 2.45) is 0 Å². The minimum absolute atomic E-state index is 0.0482. The molecular formula is C23H22N2O4. The number of aliphatic hydroxyl groups excluding tert-OH is 1. The molecule has 29 heavy (non-hydrogen) atoms. The van der Waals surface area contributed by atoms with Crippen LogP contribution in [0.1, 0.15) is 16.7 Å². The molecular weight excluding hydrogens is 368 g/mol. The van der Waals surface area contributed by atoms with Gasteiger partial charge in [0.2, 0.25) is 5.91 Å². The molecule has 3 aromatic carbocycles. The Bertz CT molecular complexity index is 939. The van der Waals surface area contributed by atoms with Gasteiger partial charge in [0.25, 0.3) is 0 Å². The van der Waals surface area contributed by atoms with Gasteiger partial charge in [-0.3, -0.25) is 10.1 Å². The quantitative estimate of drug-likeness (QED) is 0.567. The Balaban J connectivity index is 1.44. The van der Waals surface area contributed by atoms with E-state index in [0.717, 1.165) is 16.7 Å². The van der Waals surface area contributed by atoms with Gasteiger partial charge in [-0.2, -0.15) is 0 Å². The van der Waals surface area contributed by atoms with Crippen LogP contribution in [-0.4, -0.2) is 17.1 Å². The second kappa shape index (κ2) is 10.1. The Kier molecular flexibility index (Phi) is 6.97. The molecule has 0 unspecified atom stereocenters. The van der Waals surface area contributed by atoms with E-state index in [2.05, 4.69) is 10.6 Å². The van der Waals surface area contributed by atoms with E-state index in [1.54, 1.807) is 48.5 Å². The number of anilines is 2. The normalized spacial score (nSPS) is 10.2. The third kappa shape index (κ3) is 6.48. The van der Waals surface area contributed by atoms with Crippen molar-refractivity contribution in [2.45, 2.75) is 19.6 Å². The van der Waals surface area contributed by atoms with E-state index in [4.69, 9.17) is 9.84 Å². The van der Waals surface area contributed by atoms with E-state index in [9.17, 15) is 9.59 Å². The van der Waals surface area contributed by atoms with Crippen LogP contribution in [0.5, 0.6) is 0 Å². The van der Waals surface area contributed by atoms with Crippen LogP contribution < -0.4 is 10.6 Å². The van der Waals surface area contributed by atoms with Gasteiger partial charge in [0.15, 0.2) is 0 Å². The fourth-order valence-electron chi connectivity index (χ4n) is 2.67. The van der Waals surface area contributed by atoms with Crippen molar-refractivity contribution in [3.8, 4) is 0 Å². The largest absolute Gasteiger partial charge is 0.444 e. The maximum Gasteiger partial charge on any atom is 0.411 e.